The Labute approximate surface area is 187 Å². The number of hydrazone groups is 1. The average Bonchev–Trinajstić information content (AvgIpc) is 2.78. The standard InChI is InChI=1S/C21H21BrFN7O/c1-14(15-5-7-17(23)8-6-15)28-29-20-25-19(24-18-4-2-3-16(22)13-18)26-21(27-20)30-9-11-31-12-10-30/h2-8,13H,9-12H2,1H3,(H2,24,25,26,27,29). The number of morpholine rings is 1. The molecule has 1 aliphatic rings. The second-order valence-electron chi connectivity index (χ2n) is 6.83. The summed E-state index contributed by atoms with van der Waals surface area (Å²) in [5.41, 5.74) is 5.21. The predicted molar refractivity (Wildman–Crippen MR) is 123 cm³/mol. The maximum atomic E-state index is 13.2. The maximum absolute atomic E-state index is 13.2. The van der Waals surface area contributed by atoms with Crippen LogP contribution in [0.2, 0.25) is 0 Å². The molecule has 0 amide bonds. The topological polar surface area (TPSA) is 87.6 Å². The zero-order valence-corrected chi connectivity index (χ0v) is 18.4. The molecule has 0 atom stereocenters. The monoisotopic (exact) mass is 485 g/mol. The van der Waals surface area contributed by atoms with E-state index in [1.165, 1.54) is 12.1 Å². The van der Waals surface area contributed by atoms with Gasteiger partial charge in [-0.1, -0.05) is 34.1 Å². The van der Waals surface area contributed by atoms with Gasteiger partial charge in [-0.25, -0.2) is 9.82 Å². The highest BCUT2D eigenvalue weighted by Crippen LogP contribution is 2.21. The van der Waals surface area contributed by atoms with Crippen LogP contribution in [0.1, 0.15) is 12.5 Å². The molecule has 8 nitrogen and oxygen atoms in total. The van der Waals surface area contributed by atoms with Crippen molar-refractivity contribution in [2.75, 3.05) is 41.9 Å². The van der Waals surface area contributed by atoms with Gasteiger partial charge in [0.05, 0.1) is 18.9 Å². The number of anilines is 4. The highest BCUT2D eigenvalue weighted by atomic mass is 79.9. The lowest BCUT2D eigenvalue weighted by Gasteiger charge is -2.27. The van der Waals surface area contributed by atoms with Crippen LogP contribution in [0, 0.1) is 5.82 Å². The highest BCUT2D eigenvalue weighted by Gasteiger charge is 2.17. The lowest BCUT2D eigenvalue weighted by molar-refractivity contribution is 0.122. The zero-order chi connectivity index (χ0) is 21.6. The van der Waals surface area contributed by atoms with Crippen molar-refractivity contribution >= 4 is 45.2 Å². The number of halogens is 2. The molecule has 4 rings (SSSR count). The van der Waals surface area contributed by atoms with Gasteiger partial charge in [0.1, 0.15) is 5.82 Å². The summed E-state index contributed by atoms with van der Waals surface area (Å²) in [7, 11) is 0. The Balaban J connectivity index is 1.60. The van der Waals surface area contributed by atoms with Crippen LogP contribution >= 0.6 is 15.9 Å². The van der Waals surface area contributed by atoms with Crippen molar-refractivity contribution in [1.82, 2.24) is 15.0 Å². The lowest BCUT2D eigenvalue weighted by atomic mass is 10.1. The molecule has 0 saturated carbocycles. The second kappa shape index (κ2) is 9.80. The summed E-state index contributed by atoms with van der Waals surface area (Å²) in [6.45, 7) is 4.44. The Hall–Kier alpha value is -3.11. The van der Waals surface area contributed by atoms with Crippen LogP contribution in [0.5, 0.6) is 0 Å². The largest absolute Gasteiger partial charge is 0.378 e. The van der Waals surface area contributed by atoms with Gasteiger partial charge < -0.3 is 15.0 Å². The highest BCUT2D eigenvalue weighted by molar-refractivity contribution is 9.10. The normalized spacial score (nSPS) is 14.4. The van der Waals surface area contributed by atoms with Crippen LogP contribution < -0.4 is 15.6 Å². The van der Waals surface area contributed by atoms with E-state index < -0.39 is 0 Å². The fraction of sp³-hybridized carbons (Fsp3) is 0.238. The number of rotatable bonds is 6. The molecule has 1 aliphatic heterocycles. The zero-order valence-electron chi connectivity index (χ0n) is 16.8. The van der Waals surface area contributed by atoms with E-state index in [2.05, 4.69) is 46.7 Å². The number of hydrogen-bond donors (Lipinski definition) is 2. The number of nitrogens with zero attached hydrogens (tertiary/aromatic N) is 5. The third-order valence-electron chi connectivity index (χ3n) is 4.58. The smallest absolute Gasteiger partial charge is 0.250 e. The summed E-state index contributed by atoms with van der Waals surface area (Å²) in [6.07, 6.45) is 0. The van der Waals surface area contributed by atoms with Gasteiger partial charge in [0, 0.05) is 23.2 Å². The minimum atomic E-state index is -0.291. The fourth-order valence-electron chi connectivity index (χ4n) is 2.96. The van der Waals surface area contributed by atoms with E-state index in [-0.39, 0.29) is 5.82 Å². The minimum Gasteiger partial charge on any atom is -0.378 e. The lowest BCUT2D eigenvalue weighted by Crippen LogP contribution is -2.37. The van der Waals surface area contributed by atoms with Crippen molar-refractivity contribution in [3.8, 4) is 0 Å². The van der Waals surface area contributed by atoms with E-state index in [0.29, 0.717) is 49.9 Å². The number of nitrogens with one attached hydrogen (secondary N) is 2. The molecule has 0 spiro atoms. The van der Waals surface area contributed by atoms with Gasteiger partial charge in [0.25, 0.3) is 0 Å². The van der Waals surface area contributed by atoms with E-state index >= 15 is 0 Å². The van der Waals surface area contributed by atoms with Crippen LogP contribution in [0.15, 0.2) is 58.1 Å². The Kier molecular flexibility index (Phi) is 6.68. The van der Waals surface area contributed by atoms with Gasteiger partial charge in [-0.05, 0) is 42.8 Å². The van der Waals surface area contributed by atoms with E-state index in [1.807, 2.05) is 36.1 Å². The van der Waals surface area contributed by atoms with Gasteiger partial charge in [-0.15, -0.1) is 0 Å². The molecule has 2 heterocycles. The van der Waals surface area contributed by atoms with Gasteiger partial charge in [-0.2, -0.15) is 20.1 Å². The van der Waals surface area contributed by atoms with Crippen molar-refractivity contribution in [2.24, 2.45) is 5.10 Å². The summed E-state index contributed by atoms with van der Waals surface area (Å²) in [5.74, 6) is 0.940. The quantitative estimate of drug-likeness (QED) is 0.399. The van der Waals surface area contributed by atoms with Gasteiger partial charge in [0.2, 0.25) is 17.8 Å². The minimum absolute atomic E-state index is 0.291. The molecule has 2 N–H and O–H groups in total. The first-order valence-corrected chi connectivity index (χ1v) is 10.5. The Morgan fingerprint density at radius 3 is 2.55 bits per heavy atom. The van der Waals surface area contributed by atoms with E-state index in [1.54, 1.807) is 12.1 Å². The molecule has 1 saturated heterocycles. The van der Waals surface area contributed by atoms with Gasteiger partial charge in [-0.3, -0.25) is 0 Å². The summed E-state index contributed by atoms with van der Waals surface area (Å²) in [5, 5.41) is 7.57. The van der Waals surface area contributed by atoms with E-state index in [4.69, 9.17) is 4.74 Å². The van der Waals surface area contributed by atoms with Crippen molar-refractivity contribution in [3.63, 3.8) is 0 Å². The molecule has 160 valence electrons. The maximum Gasteiger partial charge on any atom is 0.250 e. The van der Waals surface area contributed by atoms with Crippen LogP contribution in [0.25, 0.3) is 0 Å². The van der Waals surface area contributed by atoms with E-state index in [9.17, 15) is 4.39 Å². The predicted octanol–water partition coefficient (Wildman–Crippen LogP) is 4.19. The van der Waals surface area contributed by atoms with Crippen LogP contribution in [-0.4, -0.2) is 47.0 Å². The van der Waals surface area contributed by atoms with Crippen LogP contribution in [-0.2, 0) is 4.74 Å². The third-order valence-corrected chi connectivity index (χ3v) is 5.08. The molecular weight excluding hydrogens is 465 g/mol. The van der Waals surface area contributed by atoms with Crippen LogP contribution in [0.4, 0.5) is 27.9 Å². The number of ether oxygens (including phenoxy) is 1. The van der Waals surface area contributed by atoms with E-state index in [0.717, 1.165) is 15.7 Å². The second-order valence-corrected chi connectivity index (χ2v) is 7.75. The summed E-state index contributed by atoms with van der Waals surface area (Å²) >= 11 is 3.47. The molecule has 0 unspecified atom stereocenters. The summed E-state index contributed by atoms with van der Waals surface area (Å²) in [4.78, 5) is 15.6. The van der Waals surface area contributed by atoms with Crippen molar-refractivity contribution in [3.05, 3.63) is 64.4 Å². The van der Waals surface area contributed by atoms with Gasteiger partial charge >= 0.3 is 0 Å². The molecule has 0 bridgehead atoms. The molecule has 0 radical (unpaired) electrons. The van der Waals surface area contributed by atoms with Crippen LogP contribution in [0.3, 0.4) is 0 Å². The summed E-state index contributed by atoms with van der Waals surface area (Å²) < 4.78 is 19.5. The average molecular weight is 486 g/mol. The number of benzene rings is 2. The number of hydrogen-bond acceptors (Lipinski definition) is 8. The van der Waals surface area contributed by atoms with Crippen molar-refractivity contribution < 1.29 is 9.13 Å². The molecule has 31 heavy (non-hydrogen) atoms. The summed E-state index contributed by atoms with van der Waals surface area (Å²) in [6, 6.07) is 13.9. The Morgan fingerprint density at radius 2 is 1.81 bits per heavy atom. The van der Waals surface area contributed by atoms with Crippen molar-refractivity contribution in [2.45, 2.75) is 6.92 Å². The molecule has 2 aromatic carbocycles. The third kappa shape index (κ3) is 5.74. The molecule has 1 aromatic heterocycles. The Morgan fingerprint density at radius 1 is 1.06 bits per heavy atom. The number of aromatic nitrogens is 3. The first kappa shape index (κ1) is 21.1. The first-order chi connectivity index (χ1) is 15.1. The first-order valence-electron chi connectivity index (χ1n) is 9.74. The molecule has 3 aromatic rings. The van der Waals surface area contributed by atoms with Crippen molar-refractivity contribution in [1.29, 1.82) is 0 Å². The molecule has 10 heteroatoms. The Bertz CT molecular complexity index is 1070. The SMILES string of the molecule is CC(=NNc1nc(Nc2cccc(Br)c2)nc(N2CCOCC2)n1)c1ccc(F)cc1. The molecular formula is C21H21BrFN7O. The molecule has 1 fully saturated rings. The van der Waals surface area contributed by atoms with Gasteiger partial charge in [0.15, 0.2) is 0 Å². The fourth-order valence-corrected chi connectivity index (χ4v) is 3.36. The molecule has 0 aliphatic carbocycles.